The molecule has 2 N–H and O–H groups in total. The minimum atomic E-state index is -1.20. The lowest BCUT2D eigenvalue weighted by Gasteiger charge is -1.97. The van der Waals surface area contributed by atoms with Crippen molar-refractivity contribution in [2.24, 2.45) is 0 Å². The summed E-state index contributed by atoms with van der Waals surface area (Å²) in [6.07, 6.45) is 0. The van der Waals surface area contributed by atoms with Gasteiger partial charge in [-0.3, -0.25) is 0 Å². The first-order chi connectivity index (χ1) is 10.5. The van der Waals surface area contributed by atoms with Gasteiger partial charge in [-0.25, -0.2) is 9.59 Å². The van der Waals surface area contributed by atoms with Crippen molar-refractivity contribution in [3.05, 3.63) is 47.9 Å². The van der Waals surface area contributed by atoms with Gasteiger partial charge in [0.15, 0.2) is 0 Å². The molecule has 0 amide bonds. The van der Waals surface area contributed by atoms with E-state index in [1.807, 2.05) is 0 Å². The fourth-order valence-corrected chi connectivity index (χ4v) is 1.84. The van der Waals surface area contributed by atoms with E-state index in [-0.39, 0.29) is 11.5 Å². The lowest BCUT2D eigenvalue weighted by molar-refractivity contribution is 0.0642. The van der Waals surface area contributed by atoms with E-state index in [1.165, 1.54) is 12.1 Å². The number of hydrogen-bond acceptors (Lipinski definition) is 6. The minimum absolute atomic E-state index is 0.248. The molecule has 110 valence electrons. The maximum atomic E-state index is 10.7. The molecule has 0 spiro atoms. The third-order valence-corrected chi connectivity index (χ3v) is 2.92. The monoisotopic (exact) mass is 300 g/mol. The van der Waals surface area contributed by atoms with Gasteiger partial charge in [0.25, 0.3) is 0 Å². The largest absolute Gasteiger partial charge is 0.475 e. The van der Waals surface area contributed by atoms with Gasteiger partial charge < -0.3 is 19.3 Å². The zero-order chi connectivity index (χ0) is 15.7. The molecule has 0 bridgehead atoms. The van der Waals surface area contributed by atoms with E-state index in [4.69, 9.17) is 10.2 Å². The zero-order valence-corrected chi connectivity index (χ0v) is 10.9. The number of carboxylic acid groups (broad SMARTS) is 2. The molecule has 0 saturated heterocycles. The van der Waals surface area contributed by atoms with Gasteiger partial charge in [0, 0.05) is 23.3 Å². The summed E-state index contributed by atoms with van der Waals surface area (Å²) in [7, 11) is 0. The summed E-state index contributed by atoms with van der Waals surface area (Å²) in [5.41, 5.74) is 2.08. The molecule has 2 aromatic heterocycles. The Balaban J connectivity index is 1.88. The molecule has 1 aromatic carbocycles. The number of aromatic carboxylic acids is 2. The number of nitrogens with zero attached hydrogens (tertiary/aromatic N) is 2. The fourth-order valence-electron chi connectivity index (χ4n) is 1.84. The molecule has 0 aliphatic carbocycles. The summed E-state index contributed by atoms with van der Waals surface area (Å²) < 4.78 is 9.37. The van der Waals surface area contributed by atoms with E-state index < -0.39 is 11.9 Å². The molecule has 3 aromatic rings. The lowest BCUT2D eigenvalue weighted by atomic mass is 10.1. The number of rotatable bonds is 4. The predicted molar refractivity (Wildman–Crippen MR) is 71.4 cm³/mol. The Morgan fingerprint density at radius 1 is 0.773 bits per heavy atom. The van der Waals surface area contributed by atoms with Crippen molar-refractivity contribution in [1.29, 1.82) is 0 Å². The van der Waals surface area contributed by atoms with Crippen molar-refractivity contribution in [2.75, 3.05) is 0 Å². The number of carboxylic acids is 2. The van der Waals surface area contributed by atoms with Crippen molar-refractivity contribution < 1.29 is 28.8 Å². The highest BCUT2D eigenvalue weighted by atomic mass is 16.5. The number of aromatic nitrogens is 2. The summed E-state index contributed by atoms with van der Waals surface area (Å²) in [4.78, 5) is 21.5. The van der Waals surface area contributed by atoms with Crippen LogP contribution in [0.5, 0.6) is 0 Å². The molecular weight excluding hydrogens is 292 g/mol. The van der Waals surface area contributed by atoms with Crippen LogP contribution in [0.4, 0.5) is 0 Å². The maximum absolute atomic E-state index is 10.7. The van der Waals surface area contributed by atoms with Gasteiger partial charge in [-0.1, -0.05) is 34.6 Å². The summed E-state index contributed by atoms with van der Waals surface area (Å²) >= 11 is 0. The highest BCUT2D eigenvalue weighted by Gasteiger charge is 2.14. The third kappa shape index (κ3) is 2.44. The van der Waals surface area contributed by atoms with Gasteiger partial charge in [0.1, 0.15) is 11.4 Å². The van der Waals surface area contributed by atoms with Crippen LogP contribution in [-0.4, -0.2) is 32.5 Å². The molecule has 0 unspecified atom stereocenters. The van der Waals surface area contributed by atoms with Gasteiger partial charge >= 0.3 is 11.9 Å². The zero-order valence-electron chi connectivity index (χ0n) is 10.9. The van der Waals surface area contributed by atoms with Crippen LogP contribution >= 0.6 is 0 Å². The van der Waals surface area contributed by atoms with Crippen LogP contribution in [-0.2, 0) is 0 Å². The highest BCUT2D eigenvalue weighted by molar-refractivity contribution is 5.86. The number of benzene rings is 1. The van der Waals surface area contributed by atoms with E-state index in [0.717, 1.165) is 0 Å². The van der Waals surface area contributed by atoms with Crippen LogP contribution in [0, 0.1) is 0 Å². The van der Waals surface area contributed by atoms with Crippen molar-refractivity contribution in [1.82, 2.24) is 10.3 Å². The first-order valence-electron chi connectivity index (χ1n) is 6.05. The SMILES string of the molecule is O=C(O)c1cc(-c2ccc(-c3cc(C(=O)O)on3)cc2)no1. The first-order valence-corrected chi connectivity index (χ1v) is 6.05. The second kappa shape index (κ2) is 5.17. The molecule has 0 aliphatic rings. The molecule has 0 atom stereocenters. The van der Waals surface area contributed by atoms with Crippen LogP contribution in [0.2, 0.25) is 0 Å². The van der Waals surface area contributed by atoms with Crippen LogP contribution in [0.3, 0.4) is 0 Å². The summed E-state index contributed by atoms with van der Waals surface area (Å²) in [6.45, 7) is 0. The van der Waals surface area contributed by atoms with E-state index >= 15 is 0 Å². The summed E-state index contributed by atoms with van der Waals surface area (Å²) in [5, 5.41) is 24.9. The van der Waals surface area contributed by atoms with Gasteiger partial charge in [-0.05, 0) is 0 Å². The van der Waals surface area contributed by atoms with Gasteiger partial charge in [0.05, 0.1) is 0 Å². The molecule has 22 heavy (non-hydrogen) atoms. The van der Waals surface area contributed by atoms with E-state index in [0.29, 0.717) is 22.5 Å². The first kappa shape index (κ1) is 13.6. The topological polar surface area (TPSA) is 127 Å². The quantitative estimate of drug-likeness (QED) is 0.751. The molecule has 0 fully saturated rings. The second-order valence-electron chi connectivity index (χ2n) is 4.34. The maximum Gasteiger partial charge on any atom is 0.374 e. The van der Waals surface area contributed by atoms with Gasteiger partial charge in [-0.15, -0.1) is 0 Å². The van der Waals surface area contributed by atoms with Crippen molar-refractivity contribution in [3.8, 4) is 22.5 Å². The standard InChI is InChI=1S/C14H8N2O6/c17-13(18)11-5-9(15-21-11)7-1-2-8(4-3-7)10-6-12(14(19)20)22-16-10/h1-6H,(H,17,18)(H,19,20). The van der Waals surface area contributed by atoms with Crippen LogP contribution in [0.25, 0.3) is 22.5 Å². The molecule has 3 rings (SSSR count). The van der Waals surface area contributed by atoms with Crippen molar-refractivity contribution >= 4 is 11.9 Å². The second-order valence-corrected chi connectivity index (χ2v) is 4.34. The molecule has 0 aliphatic heterocycles. The average molecular weight is 300 g/mol. The lowest BCUT2D eigenvalue weighted by Crippen LogP contribution is -1.91. The smallest absolute Gasteiger partial charge is 0.374 e. The Kier molecular flexibility index (Phi) is 3.18. The third-order valence-electron chi connectivity index (χ3n) is 2.92. The molecule has 8 nitrogen and oxygen atoms in total. The van der Waals surface area contributed by atoms with Crippen LogP contribution < -0.4 is 0 Å². The Labute approximate surface area is 122 Å². The van der Waals surface area contributed by atoms with E-state index in [9.17, 15) is 9.59 Å². The highest BCUT2D eigenvalue weighted by Crippen LogP contribution is 2.24. The van der Waals surface area contributed by atoms with E-state index in [2.05, 4.69) is 19.4 Å². The fraction of sp³-hybridized carbons (Fsp3) is 0. The molecule has 8 heteroatoms. The van der Waals surface area contributed by atoms with Gasteiger partial charge in [0.2, 0.25) is 11.5 Å². The normalized spacial score (nSPS) is 10.5. The molecule has 2 heterocycles. The Morgan fingerprint density at radius 3 is 1.41 bits per heavy atom. The molecule has 0 radical (unpaired) electrons. The van der Waals surface area contributed by atoms with E-state index in [1.54, 1.807) is 24.3 Å². The predicted octanol–water partition coefficient (Wildman–Crippen LogP) is 2.39. The Bertz CT molecular complexity index is 775. The summed E-state index contributed by atoms with van der Waals surface area (Å²) in [6, 6.07) is 9.38. The average Bonchev–Trinajstić information content (AvgIpc) is 3.17. The van der Waals surface area contributed by atoms with Crippen molar-refractivity contribution in [2.45, 2.75) is 0 Å². The number of hydrogen-bond donors (Lipinski definition) is 2. The summed E-state index contributed by atoms with van der Waals surface area (Å²) in [5.74, 6) is -2.89. The molecule has 0 saturated carbocycles. The van der Waals surface area contributed by atoms with Crippen LogP contribution in [0.15, 0.2) is 45.4 Å². The van der Waals surface area contributed by atoms with Crippen molar-refractivity contribution in [3.63, 3.8) is 0 Å². The minimum Gasteiger partial charge on any atom is -0.475 e. The Morgan fingerprint density at radius 2 is 1.14 bits per heavy atom. The van der Waals surface area contributed by atoms with Gasteiger partial charge in [-0.2, -0.15) is 0 Å². The Hall–Kier alpha value is -3.42. The number of carbonyl (C=O) groups is 2. The molecular formula is C14H8N2O6. The van der Waals surface area contributed by atoms with Crippen LogP contribution in [0.1, 0.15) is 21.1 Å².